The summed E-state index contributed by atoms with van der Waals surface area (Å²) in [4.78, 5) is 0. The molecule has 1 heteroatoms. The molecule has 1 nitrogen and oxygen atoms in total. The van der Waals surface area contributed by atoms with Gasteiger partial charge in [-0.2, -0.15) is 0 Å². The Labute approximate surface area is 26.6 Å². The minimum atomic E-state index is 0. The molecule has 0 spiro atoms. The summed E-state index contributed by atoms with van der Waals surface area (Å²) < 4.78 is 4.50. The van der Waals surface area contributed by atoms with Crippen LogP contribution in [0.2, 0.25) is 0 Å². The minimum absolute atomic E-state index is 0. The van der Waals surface area contributed by atoms with Crippen LogP contribution in [-0.4, -0.2) is 13.2 Å². The van der Waals surface area contributed by atoms with Gasteiger partial charge in [-0.3, -0.25) is 0 Å². The molecule has 1 aliphatic rings. The Bertz CT molecular complexity index is 8.00. The van der Waals surface area contributed by atoms with Crippen molar-refractivity contribution in [3.8, 4) is 0 Å². The summed E-state index contributed by atoms with van der Waals surface area (Å²) in [5, 5.41) is 0. The fraction of sp³-hybridized carbons (Fsp3) is 0.667. The molecule has 0 bridgehead atoms. The van der Waals surface area contributed by atoms with E-state index in [1.54, 1.807) is 0 Å². The van der Waals surface area contributed by atoms with E-state index >= 15 is 0 Å². The van der Waals surface area contributed by atoms with Crippen LogP contribution in [0.15, 0.2) is 0 Å². The zero-order valence-corrected chi connectivity index (χ0v) is 2.32. The topological polar surface area (TPSA) is 12.5 Å². The molecule has 1 saturated heterocycles. The Morgan fingerprint density at radius 2 is 1.50 bits per heavy atom. The molecule has 0 aromatic carbocycles. The summed E-state index contributed by atoms with van der Waals surface area (Å²) in [5.41, 5.74) is 0. The van der Waals surface area contributed by atoms with Crippen LogP contribution in [0.5, 0.6) is 0 Å². The summed E-state index contributed by atoms with van der Waals surface area (Å²) in [6, 6.07) is 0. The van der Waals surface area contributed by atoms with Crippen LogP contribution < -0.4 is 0 Å². The number of hydrogen-bond acceptors (Lipinski definition) is 1. The summed E-state index contributed by atoms with van der Waals surface area (Å²) >= 11 is 0. The highest BCUT2D eigenvalue weighted by Gasteiger charge is 1.94. The molecule has 0 N–H and O–H groups in total. The molecule has 1 fully saturated rings. The van der Waals surface area contributed by atoms with E-state index in [1.165, 1.54) is 0 Å². The first-order chi connectivity index (χ1) is 1.50. The lowest BCUT2D eigenvalue weighted by atomic mass is 11.0. The maximum Gasteiger partial charge on any atom is 0.0701 e. The third kappa shape index (κ3) is 1.96. The highest BCUT2D eigenvalue weighted by molar-refractivity contribution is 4.36. The second-order valence-electron chi connectivity index (χ2n) is 0.612. The zero-order chi connectivity index (χ0) is 2.12. The van der Waals surface area contributed by atoms with E-state index in [1.807, 2.05) is 0 Å². The molecule has 1 rings (SSSR count). The number of ether oxygens (including phenoxy) is 1. The maximum absolute atomic E-state index is 4.50. The van der Waals surface area contributed by atoms with E-state index in [4.69, 9.17) is 0 Å². The van der Waals surface area contributed by atoms with Crippen LogP contribution in [0.1, 0.15) is 0 Å². The minimum Gasteiger partial charge on any atom is -0.377 e. The van der Waals surface area contributed by atoms with Crippen LogP contribution in [0, 0.1) is 7.43 Å². The maximum atomic E-state index is 4.50. The first-order valence-corrected chi connectivity index (χ1v) is 1.08. The van der Waals surface area contributed by atoms with Gasteiger partial charge in [-0.25, -0.2) is 0 Å². The largest absolute Gasteiger partial charge is 0.377 e. The second-order valence-corrected chi connectivity index (χ2v) is 0.612. The van der Waals surface area contributed by atoms with Gasteiger partial charge in [-0.05, 0) is 0 Å². The van der Waals surface area contributed by atoms with Crippen molar-refractivity contribution in [1.82, 2.24) is 0 Å². The van der Waals surface area contributed by atoms with Crippen molar-refractivity contribution in [2.45, 2.75) is 0 Å². The lowest BCUT2D eigenvalue weighted by Gasteiger charge is -1.24. The average molecular weight is 56.1 g/mol. The van der Waals surface area contributed by atoms with Crippen LogP contribution in [-0.2, 0) is 4.74 Å². The van der Waals surface area contributed by atoms with Crippen LogP contribution in [0.4, 0.5) is 0 Å². The average Bonchev–Trinajstić information content (AvgIpc) is 1.46. The van der Waals surface area contributed by atoms with Gasteiger partial charge in [0, 0.05) is 7.43 Å². The summed E-state index contributed by atoms with van der Waals surface area (Å²) in [6.07, 6.45) is 0. The van der Waals surface area contributed by atoms with Gasteiger partial charge in [0.25, 0.3) is 0 Å². The first-order valence-electron chi connectivity index (χ1n) is 1.08. The second kappa shape index (κ2) is 1.30. The first kappa shape index (κ1) is 3.96. The predicted molar refractivity (Wildman–Crippen MR) is 14.1 cm³/mol. The smallest absolute Gasteiger partial charge is 0.0701 e. The molecule has 4 radical (unpaired) electrons. The highest BCUT2D eigenvalue weighted by Crippen LogP contribution is 1.84. The lowest BCUT2D eigenvalue weighted by Crippen LogP contribution is -1.20. The van der Waals surface area contributed by atoms with E-state index in [2.05, 4.69) is 4.74 Å². The van der Waals surface area contributed by atoms with Crippen molar-refractivity contribution >= 4 is 0 Å². The van der Waals surface area contributed by atoms with Crippen molar-refractivity contribution in [2.75, 3.05) is 13.2 Å². The van der Waals surface area contributed by atoms with Crippen LogP contribution >= 0.6 is 0 Å². The SMILES string of the molecule is C1CO1.[C]. The molecule has 1 aliphatic heterocycles. The molecule has 0 unspecified atom stereocenters. The van der Waals surface area contributed by atoms with Crippen molar-refractivity contribution < 1.29 is 4.74 Å². The Kier molecular flexibility index (Phi) is 1.28. The molecule has 0 aromatic heterocycles. The normalized spacial score (nSPS) is 18.0. The molecular weight excluding hydrogens is 52.0 g/mol. The van der Waals surface area contributed by atoms with E-state index in [9.17, 15) is 0 Å². The van der Waals surface area contributed by atoms with Gasteiger partial charge in [0.15, 0.2) is 0 Å². The standard InChI is InChI=1S/C2H4O.C/c1-2-3-1;/h1-2H2;. The van der Waals surface area contributed by atoms with Gasteiger partial charge in [0.2, 0.25) is 0 Å². The van der Waals surface area contributed by atoms with Gasteiger partial charge >= 0.3 is 0 Å². The van der Waals surface area contributed by atoms with Crippen LogP contribution in [0.25, 0.3) is 0 Å². The quantitative estimate of drug-likeness (QED) is 0.358. The molecule has 0 aliphatic carbocycles. The van der Waals surface area contributed by atoms with Crippen molar-refractivity contribution in [2.24, 2.45) is 0 Å². The molecule has 1 heterocycles. The Morgan fingerprint density at radius 1 is 1.25 bits per heavy atom. The fourth-order valence-corrected chi connectivity index (χ4v) is 0. The molecule has 0 amide bonds. The number of hydrogen-bond donors (Lipinski definition) is 0. The van der Waals surface area contributed by atoms with E-state index in [-0.39, 0.29) is 7.43 Å². The van der Waals surface area contributed by atoms with Crippen LogP contribution in [0.3, 0.4) is 0 Å². The third-order valence-corrected chi connectivity index (χ3v) is 0.204. The Balaban J connectivity index is 0.0000000900. The van der Waals surface area contributed by atoms with Gasteiger partial charge in [-0.1, -0.05) is 0 Å². The fourth-order valence-electron chi connectivity index (χ4n) is 0. The number of epoxide rings is 1. The molecular formula is C3H4O. The van der Waals surface area contributed by atoms with E-state index in [0.717, 1.165) is 13.2 Å². The molecule has 0 aromatic rings. The zero-order valence-electron chi connectivity index (χ0n) is 2.32. The molecule has 22 valence electrons. The number of rotatable bonds is 0. The molecule has 0 atom stereocenters. The molecule has 0 saturated carbocycles. The monoisotopic (exact) mass is 56.0 g/mol. The van der Waals surface area contributed by atoms with E-state index < -0.39 is 0 Å². The Hall–Kier alpha value is -0.0400. The summed E-state index contributed by atoms with van der Waals surface area (Å²) in [6.45, 7) is 2.00. The van der Waals surface area contributed by atoms with E-state index in [0.29, 0.717) is 0 Å². The van der Waals surface area contributed by atoms with Crippen molar-refractivity contribution in [3.63, 3.8) is 0 Å². The lowest BCUT2D eigenvalue weighted by molar-refractivity contribution is 0.475. The summed E-state index contributed by atoms with van der Waals surface area (Å²) in [7, 11) is 0. The van der Waals surface area contributed by atoms with Crippen molar-refractivity contribution in [1.29, 1.82) is 0 Å². The molecule has 4 heavy (non-hydrogen) atoms. The van der Waals surface area contributed by atoms with Gasteiger partial charge < -0.3 is 4.74 Å². The summed E-state index contributed by atoms with van der Waals surface area (Å²) in [5.74, 6) is 0. The van der Waals surface area contributed by atoms with Gasteiger partial charge in [0.1, 0.15) is 0 Å². The van der Waals surface area contributed by atoms with Gasteiger partial charge in [-0.15, -0.1) is 0 Å². The predicted octanol–water partition coefficient (Wildman–Crippen LogP) is 0.0979. The third-order valence-electron chi connectivity index (χ3n) is 0.204. The Morgan fingerprint density at radius 3 is 1.50 bits per heavy atom. The van der Waals surface area contributed by atoms with Gasteiger partial charge in [0.05, 0.1) is 13.2 Å². The van der Waals surface area contributed by atoms with Crippen molar-refractivity contribution in [3.05, 3.63) is 7.43 Å². The highest BCUT2D eigenvalue weighted by atomic mass is 16.6.